The molecule has 0 aliphatic heterocycles. The number of furan rings is 1. The molecule has 3 heterocycles. The minimum atomic E-state index is -0.296. The van der Waals surface area contributed by atoms with Gasteiger partial charge in [-0.3, -0.25) is 4.90 Å². The Labute approximate surface area is 346 Å². The van der Waals surface area contributed by atoms with Crippen LogP contribution in [0, 0.1) is 0 Å². The lowest BCUT2D eigenvalue weighted by Gasteiger charge is -2.26. The summed E-state index contributed by atoms with van der Waals surface area (Å²) in [6.45, 7) is 4.62. The summed E-state index contributed by atoms with van der Waals surface area (Å²) in [5.74, 6) is 1.69. The molecule has 8 aromatic carbocycles. The molecule has 0 radical (unpaired) electrons. The molecule has 1 aliphatic carbocycles. The first-order valence-corrected chi connectivity index (χ1v) is 20.4. The summed E-state index contributed by atoms with van der Waals surface area (Å²) in [5, 5.41) is 4.31. The molecule has 0 amide bonds. The van der Waals surface area contributed by atoms with E-state index in [9.17, 15) is 0 Å². The average molecular weight is 772 g/mol. The van der Waals surface area contributed by atoms with Gasteiger partial charge < -0.3 is 8.98 Å². The Morgan fingerprint density at radius 1 is 0.483 bits per heavy atom. The Bertz CT molecular complexity index is 3470. The fourth-order valence-electron chi connectivity index (χ4n) is 9.67. The molecule has 6 nitrogen and oxygen atoms in total. The first-order valence-electron chi connectivity index (χ1n) is 20.4. The zero-order valence-electron chi connectivity index (χ0n) is 33.0. The molecule has 11 aromatic rings. The van der Waals surface area contributed by atoms with E-state index in [1.807, 2.05) is 30.3 Å². The third kappa shape index (κ3) is 5.04. The van der Waals surface area contributed by atoms with Gasteiger partial charge in [-0.05, 0) is 76.9 Å². The Morgan fingerprint density at radius 2 is 1.08 bits per heavy atom. The second-order valence-corrected chi connectivity index (χ2v) is 16.0. The van der Waals surface area contributed by atoms with Gasteiger partial charge in [0.05, 0.1) is 22.1 Å². The van der Waals surface area contributed by atoms with E-state index in [-0.39, 0.29) is 5.41 Å². The van der Waals surface area contributed by atoms with Gasteiger partial charge in [0.1, 0.15) is 11.2 Å². The number of rotatable bonds is 6. The van der Waals surface area contributed by atoms with Crippen LogP contribution in [0.3, 0.4) is 0 Å². The molecule has 0 N–H and O–H groups in total. The minimum absolute atomic E-state index is 0.296. The van der Waals surface area contributed by atoms with Crippen molar-refractivity contribution < 1.29 is 4.42 Å². The smallest absolute Gasteiger partial charge is 0.238 e. The van der Waals surface area contributed by atoms with Gasteiger partial charge in [-0.1, -0.05) is 147 Å². The van der Waals surface area contributed by atoms with Crippen LogP contribution in [0.5, 0.6) is 0 Å². The van der Waals surface area contributed by atoms with E-state index in [4.69, 9.17) is 19.4 Å². The Balaban J connectivity index is 1.20. The molecule has 0 unspecified atom stereocenters. The Kier molecular flexibility index (Phi) is 7.47. The van der Waals surface area contributed by atoms with Crippen LogP contribution in [-0.4, -0.2) is 19.5 Å². The number of anilines is 3. The van der Waals surface area contributed by atoms with Gasteiger partial charge in [-0.2, -0.15) is 9.97 Å². The fraction of sp³-hybridized carbons (Fsp3) is 0.0556. The molecule has 0 spiro atoms. The maximum atomic E-state index is 6.45. The van der Waals surface area contributed by atoms with Gasteiger partial charge in [0.15, 0.2) is 11.6 Å². The zero-order chi connectivity index (χ0) is 40.0. The third-order valence-electron chi connectivity index (χ3n) is 12.2. The highest BCUT2D eigenvalue weighted by molar-refractivity contribution is 6.14. The molecule has 3 aromatic heterocycles. The topological polar surface area (TPSA) is 60.0 Å². The van der Waals surface area contributed by atoms with Gasteiger partial charge in [-0.25, -0.2) is 4.98 Å². The van der Waals surface area contributed by atoms with E-state index in [0.29, 0.717) is 17.6 Å². The molecule has 0 atom stereocenters. The first-order chi connectivity index (χ1) is 29.5. The molecule has 0 saturated carbocycles. The van der Waals surface area contributed by atoms with Crippen molar-refractivity contribution in [2.45, 2.75) is 19.3 Å². The molecule has 0 saturated heterocycles. The van der Waals surface area contributed by atoms with E-state index >= 15 is 0 Å². The van der Waals surface area contributed by atoms with E-state index < -0.39 is 0 Å². The second kappa shape index (κ2) is 13.1. The van der Waals surface area contributed by atoms with Crippen molar-refractivity contribution in [1.29, 1.82) is 0 Å². The Hall–Kier alpha value is -7.83. The van der Waals surface area contributed by atoms with Crippen LogP contribution < -0.4 is 4.90 Å². The van der Waals surface area contributed by atoms with Gasteiger partial charge in [-0.15, -0.1) is 0 Å². The van der Waals surface area contributed by atoms with Crippen LogP contribution in [0.2, 0.25) is 0 Å². The monoisotopic (exact) mass is 771 g/mol. The van der Waals surface area contributed by atoms with Crippen LogP contribution in [-0.2, 0) is 5.41 Å². The highest BCUT2D eigenvalue weighted by atomic mass is 16.3. The lowest BCUT2D eigenvalue weighted by molar-refractivity contribution is 0.661. The van der Waals surface area contributed by atoms with E-state index in [0.717, 1.165) is 71.9 Å². The van der Waals surface area contributed by atoms with Crippen molar-refractivity contribution in [2.24, 2.45) is 0 Å². The van der Waals surface area contributed by atoms with Crippen molar-refractivity contribution in [2.75, 3.05) is 4.90 Å². The Morgan fingerprint density at radius 3 is 1.93 bits per heavy atom. The van der Waals surface area contributed by atoms with Gasteiger partial charge in [0, 0.05) is 44.1 Å². The molecule has 1 aliphatic rings. The lowest BCUT2D eigenvalue weighted by Crippen LogP contribution is -2.18. The summed E-state index contributed by atoms with van der Waals surface area (Å²) in [7, 11) is 0. The van der Waals surface area contributed by atoms with Crippen molar-refractivity contribution in [3.63, 3.8) is 0 Å². The van der Waals surface area contributed by atoms with E-state index in [2.05, 4.69) is 181 Å². The predicted octanol–water partition coefficient (Wildman–Crippen LogP) is 14.0. The molecule has 6 heteroatoms. The van der Waals surface area contributed by atoms with Gasteiger partial charge in [0.2, 0.25) is 5.95 Å². The summed E-state index contributed by atoms with van der Waals surface area (Å²) >= 11 is 0. The van der Waals surface area contributed by atoms with Crippen LogP contribution in [0.1, 0.15) is 25.0 Å². The van der Waals surface area contributed by atoms with Crippen molar-refractivity contribution >= 4 is 61.1 Å². The van der Waals surface area contributed by atoms with Crippen LogP contribution >= 0.6 is 0 Å². The molecular weight excluding hydrogens is 735 g/mol. The van der Waals surface area contributed by atoms with Crippen LogP contribution in [0.4, 0.5) is 17.3 Å². The summed E-state index contributed by atoms with van der Waals surface area (Å²) < 4.78 is 8.80. The average Bonchev–Trinajstić information content (AvgIpc) is 3.93. The number of hydrogen-bond acceptors (Lipinski definition) is 5. The number of para-hydroxylation sites is 5. The number of fused-ring (bicyclic) bond motifs is 9. The van der Waals surface area contributed by atoms with E-state index in [1.54, 1.807) is 0 Å². The van der Waals surface area contributed by atoms with Gasteiger partial charge in [0.25, 0.3) is 0 Å². The SMILES string of the molecule is CC1(C)c2ccccc2-c2cccc(-c3nc(-c4cccc5c6ccccc6n(-c6ccccc6)c45)nc(N(c4ccccc4)c4cccc5oc6ccccc6c45)n3)c21. The van der Waals surface area contributed by atoms with Crippen molar-refractivity contribution in [1.82, 2.24) is 19.5 Å². The molecule has 12 rings (SSSR count). The maximum absolute atomic E-state index is 6.45. The highest BCUT2D eigenvalue weighted by Gasteiger charge is 2.38. The van der Waals surface area contributed by atoms with E-state index in [1.165, 1.54) is 22.3 Å². The first kappa shape index (κ1) is 34.2. The molecule has 284 valence electrons. The van der Waals surface area contributed by atoms with Crippen LogP contribution in [0.15, 0.2) is 192 Å². The summed E-state index contributed by atoms with van der Waals surface area (Å²) in [5.41, 5.74) is 13.2. The maximum Gasteiger partial charge on any atom is 0.238 e. The largest absolute Gasteiger partial charge is 0.456 e. The summed E-state index contributed by atoms with van der Waals surface area (Å²) in [6, 6.07) is 65.7. The summed E-state index contributed by atoms with van der Waals surface area (Å²) in [4.78, 5) is 18.8. The second-order valence-electron chi connectivity index (χ2n) is 16.0. The van der Waals surface area contributed by atoms with Crippen molar-refractivity contribution in [3.05, 3.63) is 199 Å². The number of hydrogen-bond donors (Lipinski definition) is 0. The standard InChI is InChI=1S/C54H37N5O/c1-54(2)43-29-12-9-22-36(43)38-25-15-27-41(49(38)54)51-55-52(42-28-16-26-39-37-23-10-13-30-44(37)58(50(39)42)34-18-5-3-6-19-34)57-53(56-51)59(35-20-7-4-8-21-35)45-31-17-33-47-48(45)40-24-11-14-32-46(40)60-47/h3-33H,1-2H3. The minimum Gasteiger partial charge on any atom is -0.456 e. The molecule has 0 bridgehead atoms. The van der Waals surface area contributed by atoms with Crippen molar-refractivity contribution in [3.8, 4) is 39.6 Å². The number of aromatic nitrogens is 4. The number of benzene rings is 8. The fourth-order valence-corrected chi connectivity index (χ4v) is 9.67. The predicted molar refractivity (Wildman–Crippen MR) is 245 cm³/mol. The van der Waals surface area contributed by atoms with Gasteiger partial charge >= 0.3 is 0 Å². The number of nitrogens with zero attached hydrogens (tertiary/aromatic N) is 5. The quantitative estimate of drug-likeness (QED) is 0.168. The molecule has 60 heavy (non-hydrogen) atoms. The molecule has 0 fully saturated rings. The normalized spacial score (nSPS) is 13.0. The summed E-state index contributed by atoms with van der Waals surface area (Å²) in [6.07, 6.45) is 0. The highest BCUT2D eigenvalue weighted by Crippen LogP contribution is 2.52. The van der Waals surface area contributed by atoms with Crippen LogP contribution in [0.25, 0.3) is 83.3 Å². The third-order valence-corrected chi connectivity index (χ3v) is 12.2. The zero-order valence-corrected chi connectivity index (χ0v) is 33.0. The lowest BCUT2D eigenvalue weighted by atomic mass is 9.80. The molecular formula is C54H37N5O.